The van der Waals surface area contributed by atoms with Crippen molar-refractivity contribution in [1.82, 2.24) is 9.97 Å². The molecule has 1 fully saturated rings. The van der Waals surface area contributed by atoms with Crippen LogP contribution in [-0.4, -0.2) is 23.6 Å². The van der Waals surface area contributed by atoms with Gasteiger partial charge in [0.1, 0.15) is 5.75 Å². The van der Waals surface area contributed by atoms with E-state index in [1.165, 1.54) is 0 Å². The van der Waals surface area contributed by atoms with E-state index in [4.69, 9.17) is 4.74 Å². The Morgan fingerprint density at radius 1 is 1.09 bits per heavy atom. The minimum absolute atomic E-state index is 0.243. The first kappa shape index (κ1) is 14.8. The standard InChI is InChI=1S/C15H17N3O3S/c1-10-9-11(2)17-15(16-10)21-13-5-3-12(4-6-13)18-22(19,20)14-7-8-14/h3-6,9,14,18H,7-8H2,1-2H3. The summed E-state index contributed by atoms with van der Waals surface area (Å²) in [5, 5.41) is -0.243. The Balaban J connectivity index is 1.71. The summed E-state index contributed by atoms with van der Waals surface area (Å²) in [5.74, 6) is 0.555. The van der Waals surface area contributed by atoms with Crippen LogP contribution in [0.15, 0.2) is 30.3 Å². The van der Waals surface area contributed by atoms with E-state index in [-0.39, 0.29) is 11.3 Å². The minimum Gasteiger partial charge on any atom is -0.424 e. The van der Waals surface area contributed by atoms with E-state index in [1.807, 2.05) is 19.9 Å². The van der Waals surface area contributed by atoms with Crippen molar-refractivity contribution in [2.45, 2.75) is 31.9 Å². The van der Waals surface area contributed by atoms with Gasteiger partial charge < -0.3 is 4.74 Å². The molecule has 1 aromatic carbocycles. The Hall–Kier alpha value is -2.15. The zero-order valence-corrected chi connectivity index (χ0v) is 13.2. The molecule has 1 aliphatic rings. The highest BCUT2D eigenvalue weighted by atomic mass is 32.2. The average molecular weight is 319 g/mol. The van der Waals surface area contributed by atoms with Crippen LogP contribution in [0.25, 0.3) is 0 Å². The molecule has 1 aromatic heterocycles. The van der Waals surface area contributed by atoms with E-state index in [2.05, 4.69) is 14.7 Å². The third kappa shape index (κ3) is 3.54. The van der Waals surface area contributed by atoms with Crippen molar-refractivity contribution in [3.05, 3.63) is 41.7 Å². The van der Waals surface area contributed by atoms with Crippen LogP contribution in [-0.2, 0) is 10.0 Å². The van der Waals surface area contributed by atoms with Crippen LogP contribution in [0.4, 0.5) is 5.69 Å². The first-order valence-electron chi connectivity index (χ1n) is 7.04. The molecule has 2 aromatic rings. The Labute approximate surface area is 129 Å². The van der Waals surface area contributed by atoms with Gasteiger partial charge in [0.15, 0.2) is 0 Å². The Morgan fingerprint density at radius 2 is 1.68 bits per heavy atom. The monoisotopic (exact) mass is 319 g/mol. The summed E-state index contributed by atoms with van der Waals surface area (Å²) in [7, 11) is -3.24. The third-order valence-corrected chi connectivity index (χ3v) is 5.12. The van der Waals surface area contributed by atoms with Gasteiger partial charge in [-0.2, -0.15) is 0 Å². The Morgan fingerprint density at radius 3 is 2.23 bits per heavy atom. The second-order valence-corrected chi connectivity index (χ2v) is 7.37. The van der Waals surface area contributed by atoms with E-state index >= 15 is 0 Å². The lowest BCUT2D eigenvalue weighted by Gasteiger charge is -2.08. The van der Waals surface area contributed by atoms with Crippen LogP contribution >= 0.6 is 0 Å². The number of hydrogen-bond donors (Lipinski definition) is 1. The summed E-state index contributed by atoms with van der Waals surface area (Å²) in [6.45, 7) is 3.74. The smallest absolute Gasteiger partial charge is 0.322 e. The molecule has 1 heterocycles. The van der Waals surface area contributed by atoms with Crippen molar-refractivity contribution in [1.29, 1.82) is 0 Å². The number of anilines is 1. The highest BCUT2D eigenvalue weighted by molar-refractivity contribution is 7.93. The second-order valence-electron chi connectivity index (χ2n) is 5.41. The average Bonchev–Trinajstić information content (AvgIpc) is 3.24. The number of aromatic nitrogens is 2. The van der Waals surface area contributed by atoms with Gasteiger partial charge in [0.2, 0.25) is 10.0 Å². The van der Waals surface area contributed by atoms with Gasteiger partial charge in [-0.25, -0.2) is 18.4 Å². The molecule has 6 nitrogen and oxygen atoms in total. The summed E-state index contributed by atoms with van der Waals surface area (Å²) in [5.41, 5.74) is 2.19. The lowest BCUT2D eigenvalue weighted by atomic mass is 10.3. The topological polar surface area (TPSA) is 81.2 Å². The molecule has 22 heavy (non-hydrogen) atoms. The van der Waals surface area contributed by atoms with Crippen molar-refractivity contribution in [3.63, 3.8) is 0 Å². The molecular weight excluding hydrogens is 302 g/mol. The van der Waals surface area contributed by atoms with Gasteiger partial charge in [-0.15, -0.1) is 0 Å². The molecule has 0 radical (unpaired) electrons. The molecule has 0 saturated heterocycles. The molecule has 7 heteroatoms. The number of nitrogens with zero attached hydrogens (tertiary/aromatic N) is 2. The summed E-state index contributed by atoms with van der Waals surface area (Å²) >= 11 is 0. The van der Waals surface area contributed by atoms with Gasteiger partial charge in [0.25, 0.3) is 0 Å². The Kier molecular flexibility index (Phi) is 3.74. The van der Waals surface area contributed by atoms with Gasteiger partial charge in [-0.3, -0.25) is 4.72 Å². The molecule has 0 unspecified atom stereocenters. The molecular formula is C15H17N3O3S. The SMILES string of the molecule is Cc1cc(C)nc(Oc2ccc(NS(=O)(=O)C3CC3)cc2)n1. The molecule has 0 aliphatic heterocycles. The summed E-state index contributed by atoms with van der Waals surface area (Å²) in [4.78, 5) is 8.40. The minimum atomic E-state index is -3.24. The number of ether oxygens (including phenoxy) is 1. The molecule has 0 spiro atoms. The highest BCUT2D eigenvalue weighted by Crippen LogP contribution is 2.30. The fourth-order valence-electron chi connectivity index (χ4n) is 2.06. The number of rotatable bonds is 5. The lowest BCUT2D eigenvalue weighted by Crippen LogP contribution is -2.17. The number of benzene rings is 1. The maximum atomic E-state index is 11.9. The van der Waals surface area contributed by atoms with Crippen LogP contribution in [0, 0.1) is 13.8 Å². The third-order valence-electron chi connectivity index (χ3n) is 3.25. The molecule has 3 rings (SSSR count). The first-order valence-corrected chi connectivity index (χ1v) is 8.59. The molecule has 0 amide bonds. The largest absolute Gasteiger partial charge is 0.424 e. The normalized spacial score (nSPS) is 14.6. The van der Waals surface area contributed by atoms with Crippen molar-refractivity contribution in [3.8, 4) is 11.8 Å². The summed E-state index contributed by atoms with van der Waals surface area (Å²) in [6, 6.07) is 8.85. The van der Waals surface area contributed by atoms with E-state index in [0.29, 0.717) is 11.4 Å². The van der Waals surface area contributed by atoms with Gasteiger partial charge >= 0.3 is 6.01 Å². The lowest BCUT2D eigenvalue weighted by molar-refractivity contribution is 0.439. The fourth-order valence-corrected chi connectivity index (χ4v) is 3.45. The van der Waals surface area contributed by atoms with E-state index in [0.717, 1.165) is 24.2 Å². The zero-order valence-electron chi connectivity index (χ0n) is 12.4. The molecule has 0 bridgehead atoms. The van der Waals surface area contributed by atoms with Crippen molar-refractivity contribution >= 4 is 15.7 Å². The van der Waals surface area contributed by atoms with Crippen LogP contribution in [0.3, 0.4) is 0 Å². The van der Waals surface area contributed by atoms with Crippen molar-refractivity contribution in [2.24, 2.45) is 0 Å². The predicted octanol–water partition coefficient (Wildman–Crippen LogP) is 2.79. The van der Waals surface area contributed by atoms with Crippen LogP contribution < -0.4 is 9.46 Å². The molecule has 116 valence electrons. The van der Waals surface area contributed by atoms with Crippen molar-refractivity contribution in [2.75, 3.05) is 4.72 Å². The van der Waals surface area contributed by atoms with E-state index in [1.54, 1.807) is 24.3 Å². The van der Waals surface area contributed by atoms with Gasteiger partial charge in [0.05, 0.1) is 5.25 Å². The number of aryl methyl sites for hydroxylation is 2. The summed E-state index contributed by atoms with van der Waals surface area (Å²) in [6.07, 6.45) is 1.47. The maximum Gasteiger partial charge on any atom is 0.322 e. The van der Waals surface area contributed by atoms with Gasteiger partial charge in [0, 0.05) is 17.1 Å². The number of nitrogens with one attached hydrogen (secondary N) is 1. The van der Waals surface area contributed by atoms with Crippen molar-refractivity contribution < 1.29 is 13.2 Å². The second kappa shape index (κ2) is 5.57. The Bertz CT molecular complexity index is 764. The van der Waals surface area contributed by atoms with E-state index in [9.17, 15) is 8.42 Å². The van der Waals surface area contributed by atoms with Gasteiger partial charge in [-0.05, 0) is 57.0 Å². The van der Waals surface area contributed by atoms with Crippen LogP contribution in [0.1, 0.15) is 24.2 Å². The number of hydrogen-bond acceptors (Lipinski definition) is 5. The van der Waals surface area contributed by atoms with Crippen LogP contribution in [0.5, 0.6) is 11.8 Å². The maximum absolute atomic E-state index is 11.9. The zero-order chi connectivity index (χ0) is 15.7. The number of sulfonamides is 1. The summed E-state index contributed by atoms with van der Waals surface area (Å²) < 4.78 is 31.9. The first-order chi connectivity index (χ1) is 10.4. The highest BCUT2D eigenvalue weighted by Gasteiger charge is 2.35. The molecule has 1 aliphatic carbocycles. The van der Waals surface area contributed by atoms with Gasteiger partial charge in [-0.1, -0.05) is 0 Å². The fraction of sp³-hybridized carbons (Fsp3) is 0.333. The van der Waals surface area contributed by atoms with E-state index < -0.39 is 10.0 Å². The molecule has 0 atom stereocenters. The molecule has 1 saturated carbocycles. The quantitative estimate of drug-likeness (QED) is 0.916. The van der Waals surface area contributed by atoms with Crippen LogP contribution in [0.2, 0.25) is 0 Å². The predicted molar refractivity (Wildman–Crippen MR) is 83.6 cm³/mol. The molecule has 1 N–H and O–H groups in total.